The Kier molecular flexibility index (Phi) is 2.69. The molecule has 1 nitrogen and oxygen atoms in total. The summed E-state index contributed by atoms with van der Waals surface area (Å²) in [5, 5.41) is 10.6. The maximum atomic E-state index is 13.4. The van der Waals surface area contributed by atoms with Gasteiger partial charge >= 0.3 is 0 Å². The van der Waals surface area contributed by atoms with Gasteiger partial charge in [0.2, 0.25) is 0 Å². The highest BCUT2D eigenvalue weighted by atomic mass is 35.5. The highest BCUT2D eigenvalue weighted by Crippen LogP contribution is 2.70. The highest BCUT2D eigenvalue weighted by molar-refractivity contribution is 6.31. The fourth-order valence-corrected chi connectivity index (χ4v) is 5.18. The van der Waals surface area contributed by atoms with E-state index in [0.717, 1.165) is 29.2 Å². The van der Waals surface area contributed by atoms with E-state index in [4.69, 9.17) is 11.6 Å². The minimum absolute atomic E-state index is 0.176. The lowest BCUT2D eigenvalue weighted by Gasteiger charge is -2.16. The van der Waals surface area contributed by atoms with Crippen molar-refractivity contribution in [2.24, 2.45) is 29.6 Å². The molecule has 5 atom stereocenters. The summed E-state index contributed by atoms with van der Waals surface area (Å²) in [6.07, 6.45) is 4.25. The van der Waals surface area contributed by atoms with Crippen molar-refractivity contribution < 1.29 is 9.50 Å². The van der Waals surface area contributed by atoms with Crippen LogP contribution in [0, 0.1) is 35.4 Å². The molecule has 1 N–H and O–H groups in total. The summed E-state index contributed by atoms with van der Waals surface area (Å²) >= 11 is 5.97. The van der Waals surface area contributed by atoms with Crippen LogP contribution in [0.15, 0.2) is 18.2 Å². The topological polar surface area (TPSA) is 20.2 Å². The zero-order valence-electron chi connectivity index (χ0n) is 10.7. The summed E-state index contributed by atoms with van der Waals surface area (Å²) in [7, 11) is 0. The van der Waals surface area contributed by atoms with Crippen LogP contribution in [0.2, 0.25) is 5.02 Å². The Morgan fingerprint density at radius 3 is 2.63 bits per heavy atom. The average molecular weight is 281 g/mol. The fourth-order valence-electron chi connectivity index (χ4n) is 4.97. The van der Waals surface area contributed by atoms with Crippen LogP contribution >= 0.6 is 11.6 Å². The van der Waals surface area contributed by atoms with Crippen molar-refractivity contribution in [3.8, 4) is 0 Å². The van der Waals surface area contributed by atoms with E-state index < -0.39 is 0 Å². The predicted molar refractivity (Wildman–Crippen MR) is 72.4 cm³/mol. The second kappa shape index (κ2) is 4.20. The molecule has 0 radical (unpaired) electrons. The summed E-state index contributed by atoms with van der Waals surface area (Å²) in [6, 6.07) is 4.85. The van der Waals surface area contributed by atoms with Crippen LogP contribution < -0.4 is 0 Å². The number of rotatable bonds is 3. The van der Waals surface area contributed by atoms with Crippen molar-refractivity contribution in [3.05, 3.63) is 34.6 Å². The number of benzene rings is 1. The molecule has 3 heteroatoms. The zero-order valence-corrected chi connectivity index (χ0v) is 11.5. The van der Waals surface area contributed by atoms with Crippen LogP contribution in [-0.4, -0.2) is 11.2 Å². The first-order valence-corrected chi connectivity index (χ1v) is 7.65. The molecule has 19 heavy (non-hydrogen) atoms. The van der Waals surface area contributed by atoms with Gasteiger partial charge in [0.15, 0.2) is 0 Å². The molecule has 1 aromatic rings. The molecule has 4 rings (SSSR count). The standard InChI is InChI=1S/C16H18ClFO/c17-16-10(2-1-3-11(16)18)7-12(19)15-13-8-4-5-9(6-8)14(13)15/h1-3,8-9,12-15,19H,4-7H2. The SMILES string of the molecule is OC(Cc1cccc(F)c1Cl)C1C2C3CCC(C3)C12. The lowest BCUT2D eigenvalue weighted by molar-refractivity contribution is 0.128. The molecular formula is C16H18ClFO. The summed E-state index contributed by atoms with van der Waals surface area (Å²) < 4.78 is 13.4. The third-order valence-corrected chi connectivity index (χ3v) is 6.12. The van der Waals surface area contributed by atoms with E-state index >= 15 is 0 Å². The normalized spacial score (nSPS) is 40.3. The van der Waals surface area contributed by atoms with Gasteiger partial charge in [0.05, 0.1) is 11.1 Å². The minimum Gasteiger partial charge on any atom is -0.392 e. The number of hydrogen-bond acceptors (Lipinski definition) is 1. The smallest absolute Gasteiger partial charge is 0.142 e. The molecule has 2 bridgehead atoms. The minimum atomic E-state index is -0.387. The van der Waals surface area contributed by atoms with Crippen molar-refractivity contribution in [3.63, 3.8) is 0 Å². The summed E-state index contributed by atoms with van der Waals surface area (Å²) in [6.45, 7) is 0. The molecule has 3 fully saturated rings. The second-order valence-corrected chi connectivity index (χ2v) is 6.93. The number of hydrogen-bond donors (Lipinski definition) is 1. The molecule has 5 unspecified atom stereocenters. The van der Waals surface area contributed by atoms with Gasteiger partial charge in [-0.3, -0.25) is 0 Å². The van der Waals surface area contributed by atoms with Crippen LogP contribution in [-0.2, 0) is 6.42 Å². The van der Waals surface area contributed by atoms with Gasteiger partial charge < -0.3 is 5.11 Å². The van der Waals surface area contributed by atoms with Crippen LogP contribution in [0.4, 0.5) is 4.39 Å². The number of fused-ring (bicyclic) bond motifs is 5. The molecule has 1 aromatic carbocycles. The molecule has 3 aliphatic carbocycles. The monoisotopic (exact) mass is 280 g/mol. The van der Waals surface area contributed by atoms with Gasteiger partial charge in [-0.15, -0.1) is 0 Å². The van der Waals surface area contributed by atoms with Gasteiger partial charge in [0, 0.05) is 6.42 Å². The Bertz CT molecular complexity index is 501. The molecular weight excluding hydrogens is 263 g/mol. The number of halogens is 2. The molecule has 0 aromatic heterocycles. The fraction of sp³-hybridized carbons (Fsp3) is 0.625. The second-order valence-electron chi connectivity index (χ2n) is 6.55. The molecule has 0 heterocycles. The third-order valence-electron chi connectivity index (χ3n) is 5.70. The Morgan fingerprint density at radius 2 is 1.95 bits per heavy atom. The van der Waals surface area contributed by atoms with E-state index in [1.807, 2.05) is 6.07 Å². The van der Waals surface area contributed by atoms with E-state index in [9.17, 15) is 9.50 Å². The number of aliphatic hydroxyl groups excluding tert-OH is 1. The maximum Gasteiger partial charge on any atom is 0.142 e. The Labute approximate surface area is 117 Å². The molecule has 0 saturated heterocycles. The third kappa shape index (κ3) is 1.76. The van der Waals surface area contributed by atoms with Crippen LogP contribution in [0.3, 0.4) is 0 Å². The van der Waals surface area contributed by atoms with E-state index in [2.05, 4.69) is 0 Å². The molecule has 3 aliphatic rings. The quantitative estimate of drug-likeness (QED) is 0.896. The Morgan fingerprint density at radius 1 is 1.26 bits per heavy atom. The van der Waals surface area contributed by atoms with Gasteiger partial charge in [0.25, 0.3) is 0 Å². The average Bonchev–Trinajstić information content (AvgIpc) is 2.84. The number of aliphatic hydroxyl groups is 1. The molecule has 0 aliphatic heterocycles. The Balaban J connectivity index is 1.48. The van der Waals surface area contributed by atoms with Crippen molar-refractivity contribution in [1.29, 1.82) is 0 Å². The molecule has 0 amide bonds. The Hall–Kier alpha value is -0.600. The van der Waals surface area contributed by atoms with Crippen molar-refractivity contribution >= 4 is 11.6 Å². The highest BCUT2D eigenvalue weighted by Gasteiger charge is 2.66. The van der Waals surface area contributed by atoms with Crippen LogP contribution in [0.5, 0.6) is 0 Å². The molecule has 102 valence electrons. The lowest BCUT2D eigenvalue weighted by Crippen LogP contribution is -2.18. The first-order chi connectivity index (χ1) is 9.16. The predicted octanol–water partition coefficient (Wildman–Crippen LogP) is 3.67. The van der Waals surface area contributed by atoms with E-state index in [1.165, 1.54) is 25.3 Å². The van der Waals surface area contributed by atoms with Gasteiger partial charge in [-0.2, -0.15) is 0 Å². The lowest BCUT2D eigenvalue weighted by atomic mass is 9.95. The van der Waals surface area contributed by atoms with Gasteiger partial charge in [0.1, 0.15) is 5.82 Å². The van der Waals surface area contributed by atoms with Gasteiger partial charge in [-0.25, -0.2) is 4.39 Å². The summed E-state index contributed by atoms with van der Waals surface area (Å²) in [4.78, 5) is 0. The van der Waals surface area contributed by atoms with Gasteiger partial charge in [-0.1, -0.05) is 23.7 Å². The van der Waals surface area contributed by atoms with Crippen LogP contribution in [0.25, 0.3) is 0 Å². The summed E-state index contributed by atoms with van der Waals surface area (Å²) in [5.74, 6) is 3.28. The van der Waals surface area contributed by atoms with E-state index in [1.54, 1.807) is 6.07 Å². The van der Waals surface area contributed by atoms with E-state index in [-0.39, 0.29) is 16.9 Å². The van der Waals surface area contributed by atoms with Gasteiger partial charge in [-0.05, 0) is 60.5 Å². The first kappa shape index (κ1) is 12.2. The molecule has 3 saturated carbocycles. The largest absolute Gasteiger partial charge is 0.392 e. The van der Waals surface area contributed by atoms with Crippen molar-refractivity contribution in [1.82, 2.24) is 0 Å². The van der Waals surface area contributed by atoms with Crippen molar-refractivity contribution in [2.75, 3.05) is 0 Å². The van der Waals surface area contributed by atoms with Crippen molar-refractivity contribution in [2.45, 2.75) is 31.8 Å². The zero-order chi connectivity index (χ0) is 13.1. The maximum absolute atomic E-state index is 13.4. The molecule has 0 spiro atoms. The first-order valence-electron chi connectivity index (χ1n) is 7.27. The summed E-state index contributed by atoms with van der Waals surface area (Å²) in [5.41, 5.74) is 0.742. The van der Waals surface area contributed by atoms with Crippen LogP contribution in [0.1, 0.15) is 24.8 Å². The van der Waals surface area contributed by atoms with E-state index in [0.29, 0.717) is 12.3 Å².